The van der Waals surface area contributed by atoms with E-state index in [0.29, 0.717) is 19.4 Å². The van der Waals surface area contributed by atoms with Gasteiger partial charge < -0.3 is 10.4 Å². The number of carbonyl (C=O) groups excluding carboxylic acids is 1. The zero-order chi connectivity index (χ0) is 16.2. The van der Waals surface area contributed by atoms with Crippen LogP contribution in [0.5, 0.6) is 0 Å². The first-order chi connectivity index (χ1) is 10.3. The first kappa shape index (κ1) is 17.6. The van der Waals surface area contributed by atoms with Crippen LogP contribution in [0.15, 0.2) is 24.3 Å². The average molecular weight is 342 g/mol. The average Bonchev–Trinajstić information content (AvgIpc) is 2.45. The van der Waals surface area contributed by atoms with E-state index >= 15 is 0 Å². The van der Waals surface area contributed by atoms with E-state index in [1.807, 2.05) is 24.3 Å². The molecule has 1 aliphatic rings. The fourth-order valence-electron chi connectivity index (χ4n) is 2.68. The summed E-state index contributed by atoms with van der Waals surface area (Å²) in [6.07, 6.45) is 1.90. The zero-order valence-corrected chi connectivity index (χ0v) is 14.8. The van der Waals surface area contributed by atoms with Gasteiger partial charge in [-0.1, -0.05) is 37.6 Å². The highest BCUT2D eigenvalue weighted by Gasteiger charge is 2.37. The van der Waals surface area contributed by atoms with Crippen molar-refractivity contribution in [2.24, 2.45) is 5.41 Å². The molecule has 1 fully saturated rings. The number of hydrogen-bond acceptors (Lipinski definition) is 3. The van der Waals surface area contributed by atoms with Crippen molar-refractivity contribution < 1.29 is 9.90 Å². The van der Waals surface area contributed by atoms with Gasteiger partial charge in [0.15, 0.2) is 0 Å². The second-order valence-electron chi connectivity index (χ2n) is 6.80. The standard InChI is InChI=1S/C17H24ClNO2S/c1-16(2,11-13-4-3-5-14(18)10-13)12-19-15(20)17(21)6-8-22-9-7-17/h3-5,10,21H,6-9,11-12H2,1-2H3,(H,19,20). The van der Waals surface area contributed by atoms with Crippen LogP contribution >= 0.6 is 23.4 Å². The largest absolute Gasteiger partial charge is 0.380 e. The minimum atomic E-state index is -1.18. The summed E-state index contributed by atoms with van der Waals surface area (Å²) in [6, 6.07) is 7.80. The number of carbonyl (C=O) groups is 1. The van der Waals surface area contributed by atoms with Gasteiger partial charge in [0.2, 0.25) is 0 Å². The van der Waals surface area contributed by atoms with Crippen molar-refractivity contribution in [1.29, 1.82) is 0 Å². The maximum atomic E-state index is 12.3. The SMILES string of the molecule is CC(C)(CNC(=O)C1(O)CCSCC1)Cc1cccc(Cl)c1. The molecule has 0 radical (unpaired) electrons. The summed E-state index contributed by atoms with van der Waals surface area (Å²) >= 11 is 7.81. The van der Waals surface area contributed by atoms with E-state index in [0.717, 1.165) is 28.5 Å². The van der Waals surface area contributed by atoms with E-state index in [9.17, 15) is 9.90 Å². The molecule has 1 saturated heterocycles. The van der Waals surface area contributed by atoms with Crippen molar-refractivity contribution in [3.8, 4) is 0 Å². The quantitative estimate of drug-likeness (QED) is 0.864. The predicted molar refractivity (Wildman–Crippen MR) is 93.5 cm³/mol. The fourth-order valence-corrected chi connectivity index (χ4v) is 4.06. The highest BCUT2D eigenvalue weighted by molar-refractivity contribution is 7.99. The molecule has 2 N–H and O–H groups in total. The Kier molecular flexibility index (Phi) is 5.81. The smallest absolute Gasteiger partial charge is 0.252 e. The normalized spacial score (nSPS) is 18.0. The summed E-state index contributed by atoms with van der Waals surface area (Å²) in [5.41, 5.74) is -0.128. The molecule has 0 saturated carbocycles. The molecule has 0 aromatic heterocycles. The number of nitrogens with one attached hydrogen (secondary N) is 1. The maximum absolute atomic E-state index is 12.3. The first-order valence-electron chi connectivity index (χ1n) is 7.64. The summed E-state index contributed by atoms with van der Waals surface area (Å²) in [5.74, 6) is 1.46. The van der Waals surface area contributed by atoms with Gasteiger partial charge in [-0.15, -0.1) is 0 Å². The number of aliphatic hydroxyl groups is 1. The molecule has 0 atom stereocenters. The Labute approximate surface area is 141 Å². The van der Waals surface area contributed by atoms with Crippen molar-refractivity contribution in [3.05, 3.63) is 34.9 Å². The molecule has 1 aromatic carbocycles. The summed E-state index contributed by atoms with van der Waals surface area (Å²) in [6.45, 7) is 4.75. The fraction of sp³-hybridized carbons (Fsp3) is 0.588. The van der Waals surface area contributed by atoms with E-state index in [-0.39, 0.29) is 11.3 Å². The van der Waals surface area contributed by atoms with Crippen molar-refractivity contribution in [1.82, 2.24) is 5.32 Å². The van der Waals surface area contributed by atoms with E-state index in [4.69, 9.17) is 11.6 Å². The van der Waals surface area contributed by atoms with Crippen LogP contribution in [-0.4, -0.2) is 34.7 Å². The number of amides is 1. The monoisotopic (exact) mass is 341 g/mol. The Morgan fingerprint density at radius 2 is 2.09 bits per heavy atom. The Morgan fingerprint density at radius 1 is 1.41 bits per heavy atom. The van der Waals surface area contributed by atoms with E-state index in [1.54, 1.807) is 11.8 Å². The molecule has 0 unspecified atom stereocenters. The van der Waals surface area contributed by atoms with Crippen LogP contribution < -0.4 is 5.32 Å². The Balaban J connectivity index is 1.90. The topological polar surface area (TPSA) is 49.3 Å². The van der Waals surface area contributed by atoms with Gasteiger partial charge in [0, 0.05) is 11.6 Å². The van der Waals surface area contributed by atoms with Crippen LogP contribution in [0.2, 0.25) is 5.02 Å². The van der Waals surface area contributed by atoms with Gasteiger partial charge >= 0.3 is 0 Å². The van der Waals surface area contributed by atoms with Gasteiger partial charge in [0.1, 0.15) is 5.60 Å². The van der Waals surface area contributed by atoms with Gasteiger partial charge in [-0.3, -0.25) is 4.79 Å². The maximum Gasteiger partial charge on any atom is 0.252 e. The molecule has 1 aromatic rings. The lowest BCUT2D eigenvalue weighted by molar-refractivity contribution is -0.141. The predicted octanol–water partition coefficient (Wildman–Crippen LogP) is 3.28. The molecule has 1 aliphatic heterocycles. The van der Waals surface area contributed by atoms with Crippen LogP contribution in [0.25, 0.3) is 0 Å². The number of benzene rings is 1. The summed E-state index contributed by atoms with van der Waals surface area (Å²) in [4.78, 5) is 12.3. The molecule has 2 rings (SSSR count). The third-order valence-corrected chi connectivity index (χ3v) is 5.26. The van der Waals surface area contributed by atoms with E-state index in [1.165, 1.54) is 0 Å². The highest BCUT2D eigenvalue weighted by atomic mass is 35.5. The Hall–Kier alpha value is -0.710. The molecule has 0 bridgehead atoms. The van der Waals surface area contributed by atoms with Crippen molar-refractivity contribution in [3.63, 3.8) is 0 Å². The van der Waals surface area contributed by atoms with Crippen molar-refractivity contribution >= 4 is 29.3 Å². The summed E-state index contributed by atoms with van der Waals surface area (Å²) in [7, 11) is 0. The van der Waals surface area contributed by atoms with Gasteiger partial charge in [0.05, 0.1) is 0 Å². The molecule has 1 heterocycles. The van der Waals surface area contributed by atoms with Crippen molar-refractivity contribution in [2.45, 2.75) is 38.7 Å². The minimum Gasteiger partial charge on any atom is -0.380 e. The summed E-state index contributed by atoms with van der Waals surface area (Å²) in [5, 5.41) is 14.1. The number of thioether (sulfide) groups is 1. The third kappa shape index (κ3) is 4.90. The second-order valence-corrected chi connectivity index (χ2v) is 8.46. The lowest BCUT2D eigenvalue weighted by atomic mass is 9.85. The minimum absolute atomic E-state index is 0.0971. The molecule has 1 amide bonds. The van der Waals surface area contributed by atoms with Crippen LogP contribution in [0.3, 0.4) is 0 Å². The van der Waals surface area contributed by atoms with Crippen molar-refractivity contribution in [2.75, 3.05) is 18.1 Å². The van der Waals surface area contributed by atoms with Crippen LogP contribution in [0, 0.1) is 5.41 Å². The molecule has 5 heteroatoms. The molecular formula is C17H24ClNO2S. The lowest BCUT2D eigenvalue weighted by Crippen LogP contribution is -2.51. The molecule has 0 aliphatic carbocycles. The lowest BCUT2D eigenvalue weighted by Gasteiger charge is -2.32. The van der Waals surface area contributed by atoms with E-state index < -0.39 is 5.60 Å². The Morgan fingerprint density at radius 3 is 2.73 bits per heavy atom. The number of rotatable bonds is 5. The van der Waals surface area contributed by atoms with Crippen LogP contribution in [0.4, 0.5) is 0 Å². The first-order valence-corrected chi connectivity index (χ1v) is 9.17. The molecular weight excluding hydrogens is 318 g/mol. The Bertz CT molecular complexity index is 527. The molecule has 22 heavy (non-hydrogen) atoms. The van der Waals surface area contributed by atoms with Gasteiger partial charge in [0.25, 0.3) is 5.91 Å². The molecule has 122 valence electrons. The van der Waals surface area contributed by atoms with E-state index in [2.05, 4.69) is 19.2 Å². The second kappa shape index (κ2) is 7.24. The van der Waals surface area contributed by atoms with Crippen LogP contribution in [-0.2, 0) is 11.2 Å². The van der Waals surface area contributed by atoms with Gasteiger partial charge in [-0.2, -0.15) is 11.8 Å². The number of halogens is 1. The molecule has 3 nitrogen and oxygen atoms in total. The number of hydrogen-bond donors (Lipinski definition) is 2. The third-order valence-electron chi connectivity index (χ3n) is 4.04. The van der Waals surface area contributed by atoms with Gasteiger partial charge in [-0.25, -0.2) is 0 Å². The zero-order valence-electron chi connectivity index (χ0n) is 13.2. The van der Waals surface area contributed by atoms with Crippen LogP contribution in [0.1, 0.15) is 32.3 Å². The molecule has 0 spiro atoms. The summed E-state index contributed by atoms with van der Waals surface area (Å²) < 4.78 is 0. The highest BCUT2D eigenvalue weighted by Crippen LogP contribution is 2.28. The van der Waals surface area contributed by atoms with Gasteiger partial charge in [-0.05, 0) is 53.9 Å².